The van der Waals surface area contributed by atoms with Gasteiger partial charge in [-0.15, -0.1) is 0 Å². The Morgan fingerprint density at radius 1 is 0.514 bits per heavy atom. The van der Waals surface area contributed by atoms with Crippen molar-refractivity contribution < 1.29 is 25.9 Å². The Balaban J connectivity index is 0.000000186. The molecule has 2 heterocycles. The molecule has 2 aromatic heterocycles. The van der Waals surface area contributed by atoms with Crippen molar-refractivity contribution in [1.82, 2.24) is 9.97 Å². The van der Waals surface area contributed by atoms with Gasteiger partial charge in [-0.2, -0.15) is 16.8 Å². The van der Waals surface area contributed by atoms with Gasteiger partial charge < -0.3 is 0 Å². The highest BCUT2D eigenvalue weighted by Gasteiger charge is 2.05. The second-order valence-corrected chi connectivity index (χ2v) is 10.1. The van der Waals surface area contributed by atoms with E-state index in [1.807, 2.05) is 36.4 Å². The lowest BCUT2D eigenvalue weighted by molar-refractivity contribution is 0.479. The molecule has 0 aliphatic heterocycles. The molecule has 0 aliphatic carbocycles. The van der Waals surface area contributed by atoms with E-state index in [0.29, 0.717) is 11.1 Å². The van der Waals surface area contributed by atoms with Gasteiger partial charge in [-0.05, 0) is 35.4 Å². The fraction of sp³-hybridized carbons (Fsp3) is 0.120. The van der Waals surface area contributed by atoms with Gasteiger partial charge in [0.2, 0.25) is 0 Å². The van der Waals surface area contributed by atoms with Crippen LogP contribution in [0.2, 0.25) is 0 Å². The Morgan fingerprint density at radius 3 is 1.14 bits per heavy atom. The lowest BCUT2D eigenvalue weighted by Crippen LogP contribution is -2.00. The Hall–Kier alpha value is -3.44. The van der Waals surface area contributed by atoms with E-state index >= 15 is 0 Å². The predicted octanol–water partition coefficient (Wildman–Crippen LogP) is 4.22. The largest absolute Gasteiger partial charge is 0.285 e. The van der Waals surface area contributed by atoms with Gasteiger partial charge in [0.25, 0.3) is 20.2 Å². The number of rotatable bonds is 6. The number of hydrogen-bond acceptors (Lipinski definition) is 6. The van der Waals surface area contributed by atoms with Crippen molar-refractivity contribution in [3.63, 3.8) is 0 Å². The third-order valence-corrected chi connectivity index (χ3v) is 5.59. The topological polar surface area (TPSA) is 135 Å². The summed E-state index contributed by atoms with van der Waals surface area (Å²) in [4.78, 5) is 8.47. The fourth-order valence-corrected chi connectivity index (χ4v) is 3.99. The first kappa shape index (κ1) is 27.8. The van der Waals surface area contributed by atoms with Crippen LogP contribution in [0, 0.1) is 0 Å². The maximum absolute atomic E-state index is 10.4. The minimum Gasteiger partial charge on any atom is -0.285 e. The van der Waals surface area contributed by atoms with Gasteiger partial charge >= 0.3 is 0 Å². The van der Waals surface area contributed by atoms with Crippen LogP contribution in [0.15, 0.2) is 109 Å². The summed E-state index contributed by atoms with van der Waals surface area (Å²) >= 11 is 0. The van der Waals surface area contributed by atoms with E-state index in [1.54, 1.807) is 73.1 Å². The predicted molar refractivity (Wildman–Crippen MR) is 135 cm³/mol. The van der Waals surface area contributed by atoms with E-state index < -0.39 is 20.2 Å². The molecule has 10 heteroatoms. The highest BCUT2D eigenvalue weighted by molar-refractivity contribution is 7.85. The molecule has 0 saturated heterocycles. The molecule has 0 amide bonds. The third kappa shape index (κ3) is 13.8. The van der Waals surface area contributed by atoms with Crippen LogP contribution in [-0.2, 0) is 38.2 Å². The minimum absolute atomic E-state index is 0.312. The summed E-state index contributed by atoms with van der Waals surface area (Å²) in [5, 5.41) is 0. The van der Waals surface area contributed by atoms with Crippen molar-refractivity contribution in [2.45, 2.75) is 17.9 Å². The molecule has 184 valence electrons. The zero-order valence-electron chi connectivity index (χ0n) is 18.8. The molecule has 0 aliphatic rings. The summed E-state index contributed by atoms with van der Waals surface area (Å²) in [5.41, 5.74) is 3.30. The van der Waals surface area contributed by atoms with Crippen LogP contribution in [0.3, 0.4) is 0 Å². The van der Waals surface area contributed by atoms with Gasteiger partial charge in [0.15, 0.2) is 0 Å². The Kier molecular flexibility index (Phi) is 11.2. The van der Waals surface area contributed by atoms with Crippen LogP contribution in [0.25, 0.3) is 0 Å². The van der Waals surface area contributed by atoms with Crippen LogP contribution >= 0.6 is 0 Å². The van der Waals surface area contributed by atoms with Gasteiger partial charge in [-0.1, -0.05) is 72.8 Å². The summed E-state index contributed by atoms with van der Waals surface area (Å²) < 4.78 is 58.3. The molecule has 0 radical (unpaired) electrons. The smallest absolute Gasteiger partial charge is 0.269 e. The van der Waals surface area contributed by atoms with E-state index in [-0.39, 0.29) is 11.5 Å². The summed E-state index contributed by atoms with van der Waals surface area (Å²) in [5.74, 6) is -0.623. The first-order chi connectivity index (χ1) is 16.6. The molecular weight excluding hydrogens is 488 g/mol. The Labute approximate surface area is 205 Å². The third-order valence-electron chi connectivity index (χ3n) is 4.20. The van der Waals surface area contributed by atoms with Crippen LogP contribution in [-0.4, -0.2) is 35.9 Å². The lowest BCUT2D eigenvalue weighted by atomic mass is 10.2. The fourth-order valence-electron chi connectivity index (χ4n) is 2.76. The Bertz CT molecular complexity index is 1230. The molecule has 0 atom stereocenters. The number of pyridine rings is 2. The standard InChI is InChI=1S/C11H10N2.2C7H8O3S/c1-3-7-12-10(5-1)9-11-6-2-4-8-13-11;2*8-11(9,10)6-7-4-2-1-3-5-7/h1-8H,9H2;2*1-5H,6H2,(H,8,9,10). The first-order valence-electron chi connectivity index (χ1n) is 10.4. The van der Waals surface area contributed by atoms with Crippen molar-refractivity contribution in [1.29, 1.82) is 0 Å². The molecule has 0 bridgehead atoms. The quantitative estimate of drug-likeness (QED) is 0.365. The van der Waals surface area contributed by atoms with E-state index in [4.69, 9.17) is 9.11 Å². The molecule has 4 rings (SSSR count). The maximum Gasteiger partial charge on any atom is 0.269 e. The van der Waals surface area contributed by atoms with Crippen molar-refractivity contribution in [2.75, 3.05) is 0 Å². The average molecular weight is 515 g/mol. The number of hydrogen-bond donors (Lipinski definition) is 2. The van der Waals surface area contributed by atoms with E-state index in [2.05, 4.69) is 9.97 Å². The van der Waals surface area contributed by atoms with Gasteiger partial charge in [0.05, 0.1) is 0 Å². The second kappa shape index (κ2) is 14.1. The highest BCUT2D eigenvalue weighted by atomic mass is 32.2. The molecule has 2 N–H and O–H groups in total. The number of aromatic nitrogens is 2. The average Bonchev–Trinajstić information content (AvgIpc) is 2.81. The van der Waals surface area contributed by atoms with Crippen LogP contribution in [0.4, 0.5) is 0 Å². The summed E-state index contributed by atoms with van der Waals surface area (Å²) in [6.45, 7) is 0. The van der Waals surface area contributed by atoms with Gasteiger partial charge in [-0.25, -0.2) is 0 Å². The lowest BCUT2D eigenvalue weighted by Gasteiger charge is -1.98. The molecule has 0 spiro atoms. The molecular formula is C25H26N2O6S2. The molecule has 0 unspecified atom stereocenters. The van der Waals surface area contributed by atoms with Gasteiger partial charge in [0.1, 0.15) is 11.5 Å². The summed E-state index contributed by atoms with van der Waals surface area (Å²) in [7, 11) is -7.75. The molecule has 2 aromatic carbocycles. The van der Waals surface area contributed by atoms with E-state index in [0.717, 1.165) is 17.8 Å². The number of benzene rings is 2. The zero-order chi connectivity index (χ0) is 25.6. The maximum atomic E-state index is 10.4. The number of nitrogens with zero attached hydrogens (tertiary/aromatic N) is 2. The SMILES string of the molecule is O=S(=O)(O)Cc1ccccc1.O=S(=O)(O)Cc1ccccc1.c1ccc(Cc2ccccn2)nc1. The van der Waals surface area contributed by atoms with Crippen molar-refractivity contribution in [3.05, 3.63) is 132 Å². The second-order valence-electron chi connectivity index (χ2n) is 7.24. The van der Waals surface area contributed by atoms with Crippen molar-refractivity contribution >= 4 is 20.2 Å². The van der Waals surface area contributed by atoms with Crippen molar-refractivity contribution in [2.24, 2.45) is 0 Å². The molecule has 0 fully saturated rings. The zero-order valence-corrected chi connectivity index (χ0v) is 20.4. The highest BCUT2D eigenvalue weighted by Crippen LogP contribution is 2.04. The molecule has 8 nitrogen and oxygen atoms in total. The van der Waals surface area contributed by atoms with Crippen LogP contribution < -0.4 is 0 Å². The van der Waals surface area contributed by atoms with Crippen molar-refractivity contribution in [3.8, 4) is 0 Å². The molecule has 4 aromatic rings. The normalized spacial score (nSPS) is 10.8. The summed E-state index contributed by atoms with van der Waals surface area (Å²) in [6.07, 6.45) is 4.41. The van der Waals surface area contributed by atoms with Gasteiger partial charge in [0, 0.05) is 30.2 Å². The van der Waals surface area contributed by atoms with Gasteiger partial charge in [-0.3, -0.25) is 19.1 Å². The van der Waals surface area contributed by atoms with Crippen LogP contribution in [0.5, 0.6) is 0 Å². The summed E-state index contributed by atoms with van der Waals surface area (Å²) in [6, 6.07) is 28.9. The first-order valence-corrected chi connectivity index (χ1v) is 13.6. The van der Waals surface area contributed by atoms with E-state index in [9.17, 15) is 16.8 Å². The van der Waals surface area contributed by atoms with E-state index in [1.165, 1.54) is 0 Å². The molecule has 35 heavy (non-hydrogen) atoms. The minimum atomic E-state index is -3.88. The Morgan fingerprint density at radius 2 is 0.857 bits per heavy atom. The van der Waals surface area contributed by atoms with Crippen LogP contribution in [0.1, 0.15) is 22.5 Å². The molecule has 0 saturated carbocycles. The monoisotopic (exact) mass is 514 g/mol.